The van der Waals surface area contributed by atoms with E-state index in [4.69, 9.17) is 0 Å². The maximum Gasteiger partial charge on any atom is 0.254 e. The molecule has 0 unspecified atom stereocenters. The molecule has 3 amide bonds. The number of rotatable bonds is 6. The fourth-order valence-corrected chi connectivity index (χ4v) is 2.38. The lowest BCUT2D eigenvalue weighted by atomic mass is 10.1. The highest BCUT2D eigenvalue weighted by Gasteiger charge is 2.27. The molecule has 1 aliphatic rings. The van der Waals surface area contributed by atoms with Crippen molar-refractivity contribution in [1.82, 2.24) is 10.6 Å². The Morgan fingerprint density at radius 3 is 2.74 bits per heavy atom. The van der Waals surface area contributed by atoms with Crippen LogP contribution in [0.2, 0.25) is 0 Å². The van der Waals surface area contributed by atoms with Gasteiger partial charge in [-0.25, -0.2) is 0 Å². The van der Waals surface area contributed by atoms with Gasteiger partial charge in [0.2, 0.25) is 11.8 Å². The van der Waals surface area contributed by atoms with E-state index in [-0.39, 0.29) is 30.6 Å². The summed E-state index contributed by atoms with van der Waals surface area (Å²) in [6.07, 6.45) is 1.40. The van der Waals surface area contributed by atoms with Crippen LogP contribution in [0.3, 0.4) is 0 Å². The number of carbonyl (C=O) groups excluding carboxylic acids is 3. The molecule has 0 spiro atoms. The third-order valence-corrected chi connectivity index (χ3v) is 3.76. The molecular weight excluding hydrogens is 294 g/mol. The van der Waals surface area contributed by atoms with Crippen molar-refractivity contribution in [2.75, 3.05) is 11.9 Å². The third-order valence-electron chi connectivity index (χ3n) is 3.76. The number of fused-ring (bicyclic) bond motifs is 1. The average molecular weight is 317 g/mol. The van der Waals surface area contributed by atoms with E-state index in [1.54, 1.807) is 24.3 Å². The van der Waals surface area contributed by atoms with Crippen LogP contribution in [0.5, 0.6) is 0 Å². The normalized spacial score (nSPS) is 17.1. The largest absolute Gasteiger partial charge is 0.356 e. The molecule has 0 radical (unpaired) electrons. The summed E-state index contributed by atoms with van der Waals surface area (Å²) in [6.45, 7) is 4.82. The van der Waals surface area contributed by atoms with E-state index in [9.17, 15) is 14.4 Å². The van der Waals surface area contributed by atoms with Gasteiger partial charge in [-0.1, -0.05) is 26.0 Å². The first-order valence-corrected chi connectivity index (χ1v) is 7.95. The summed E-state index contributed by atoms with van der Waals surface area (Å²) >= 11 is 0. The summed E-state index contributed by atoms with van der Waals surface area (Å²) in [7, 11) is 0. The third kappa shape index (κ3) is 4.81. The molecule has 2 rings (SSSR count). The van der Waals surface area contributed by atoms with Crippen LogP contribution < -0.4 is 16.0 Å². The minimum atomic E-state index is -0.703. The number of amides is 3. The quantitative estimate of drug-likeness (QED) is 0.746. The van der Waals surface area contributed by atoms with Crippen LogP contribution in [0, 0.1) is 5.92 Å². The summed E-state index contributed by atoms with van der Waals surface area (Å²) in [4.78, 5) is 36.1. The van der Waals surface area contributed by atoms with Gasteiger partial charge in [0.15, 0.2) is 0 Å². The number of anilines is 1. The zero-order chi connectivity index (χ0) is 16.8. The Hall–Kier alpha value is -2.37. The van der Waals surface area contributed by atoms with Crippen LogP contribution in [-0.2, 0) is 9.59 Å². The van der Waals surface area contributed by atoms with Crippen molar-refractivity contribution in [3.63, 3.8) is 0 Å². The van der Waals surface area contributed by atoms with Gasteiger partial charge in [0.1, 0.15) is 6.04 Å². The second-order valence-corrected chi connectivity index (χ2v) is 6.13. The minimum absolute atomic E-state index is 0.102. The number of carbonyl (C=O) groups is 3. The van der Waals surface area contributed by atoms with Crippen LogP contribution in [0.25, 0.3) is 0 Å². The Morgan fingerprint density at radius 1 is 1.26 bits per heavy atom. The molecule has 3 N–H and O–H groups in total. The molecule has 1 heterocycles. The van der Waals surface area contributed by atoms with Gasteiger partial charge in [-0.3, -0.25) is 14.4 Å². The Kier molecular flexibility index (Phi) is 5.73. The zero-order valence-corrected chi connectivity index (χ0v) is 13.5. The van der Waals surface area contributed by atoms with Gasteiger partial charge < -0.3 is 16.0 Å². The van der Waals surface area contributed by atoms with Crippen molar-refractivity contribution in [2.24, 2.45) is 5.92 Å². The van der Waals surface area contributed by atoms with E-state index in [2.05, 4.69) is 29.8 Å². The first-order valence-electron chi connectivity index (χ1n) is 7.95. The lowest BCUT2D eigenvalue weighted by Gasteiger charge is -2.14. The number of hydrogen-bond acceptors (Lipinski definition) is 3. The molecule has 0 bridgehead atoms. The van der Waals surface area contributed by atoms with Gasteiger partial charge in [-0.2, -0.15) is 0 Å². The predicted octanol–water partition coefficient (Wildman–Crippen LogP) is 1.68. The highest BCUT2D eigenvalue weighted by Crippen LogP contribution is 2.19. The summed E-state index contributed by atoms with van der Waals surface area (Å²) < 4.78 is 0. The van der Waals surface area contributed by atoms with Crippen molar-refractivity contribution in [1.29, 1.82) is 0 Å². The summed E-state index contributed by atoms with van der Waals surface area (Å²) in [6, 6.07) is 6.15. The fraction of sp³-hybridized carbons (Fsp3) is 0.471. The molecular formula is C17H23N3O3. The Balaban J connectivity index is 1.88. The first-order chi connectivity index (χ1) is 11.0. The van der Waals surface area contributed by atoms with Gasteiger partial charge in [-0.05, 0) is 30.9 Å². The number of nitrogens with one attached hydrogen (secondary N) is 3. The van der Waals surface area contributed by atoms with Crippen LogP contribution in [0.1, 0.15) is 43.5 Å². The summed E-state index contributed by atoms with van der Waals surface area (Å²) in [5.41, 5.74) is 0.934. The second-order valence-electron chi connectivity index (χ2n) is 6.13. The van der Waals surface area contributed by atoms with Crippen molar-refractivity contribution in [3.8, 4) is 0 Å². The molecule has 23 heavy (non-hydrogen) atoms. The lowest BCUT2D eigenvalue weighted by Crippen LogP contribution is -2.42. The minimum Gasteiger partial charge on any atom is -0.356 e. The van der Waals surface area contributed by atoms with Crippen LogP contribution in [0.4, 0.5) is 5.69 Å². The van der Waals surface area contributed by atoms with Gasteiger partial charge in [0, 0.05) is 13.0 Å². The molecule has 6 heteroatoms. The molecule has 0 saturated carbocycles. The molecule has 0 aromatic heterocycles. The molecule has 1 aromatic carbocycles. The van der Waals surface area contributed by atoms with Crippen molar-refractivity contribution in [2.45, 2.75) is 39.2 Å². The topological polar surface area (TPSA) is 87.3 Å². The standard InChI is InChI=1S/C17H23N3O3/c1-11(2)9-10-18-15(21)8-7-14-17(23)19-13-6-4-3-5-12(13)16(22)20-14/h3-6,11,14H,7-10H2,1-2H3,(H,18,21)(H,19,23)(H,20,22)/t14-/m0/s1. The maximum atomic E-state index is 12.2. The Labute approximate surface area is 136 Å². The van der Waals surface area contributed by atoms with Gasteiger partial charge in [-0.15, -0.1) is 0 Å². The van der Waals surface area contributed by atoms with E-state index in [1.165, 1.54) is 0 Å². The molecule has 1 aliphatic heterocycles. The average Bonchev–Trinajstić information content (AvgIpc) is 2.62. The highest BCUT2D eigenvalue weighted by molar-refractivity contribution is 6.09. The monoisotopic (exact) mass is 317 g/mol. The molecule has 6 nitrogen and oxygen atoms in total. The SMILES string of the molecule is CC(C)CCNC(=O)CC[C@@H]1NC(=O)c2ccccc2NC1=O. The summed E-state index contributed by atoms with van der Waals surface area (Å²) in [5, 5.41) is 8.24. The van der Waals surface area contributed by atoms with E-state index < -0.39 is 6.04 Å². The molecule has 124 valence electrons. The van der Waals surface area contributed by atoms with E-state index in [0.29, 0.717) is 23.7 Å². The number of para-hydroxylation sites is 1. The smallest absolute Gasteiger partial charge is 0.254 e. The van der Waals surface area contributed by atoms with E-state index >= 15 is 0 Å². The van der Waals surface area contributed by atoms with Gasteiger partial charge in [0.25, 0.3) is 5.91 Å². The lowest BCUT2D eigenvalue weighted by molar-refractivity contribution is -0.121. The highest BCUT2D eigenvalue weighted by atomic mass is 16.2. The molecule has 0 saturated heterocycles. The van der Waals surface area contributed by atoms with Crippen molar-refractivity contribution < 1.29 is 14.4 Å². The predicted molar refractivity (Wildman–Crippen MR) is 88.0 cm³/mol. The van der Waals surface area contributed by atoms with Crippen LogP contribution in [0.15, 0.2) is 24.3 Å². The van der Waals surface area contributed by atoms with E-state index in [0.717, 1.165) is 6.42 Å². The van der Waals surface area contributed by atoms with Crippen LogP contribution in [-0.4, -0.2) is 30.3 Å². The maximum absolute atomic E-state index is 12.2. The Bertz CT molecular complexity index is 599. The molecule has 0 aliphatic carbocycles. The van der Waals surface area contributed by atoms with Crippen molar-refractivity contribution in [3.05, 3.63) is 29.8 Å². The second kappa shape index (κ2) is 7.76. The van der Waals surface area contributed by atoms with Gasteiger partial charge in [0.05, 0.1) is 11.3 Å². The summed E-state index contributed by atoms with van der Waals surface area (Å²) in [5.74, 6) is -0.169. The zero-order valence-electron chi connectivity index (χ0n) is 13.5. The molecule has 0 fully saturated rings. The number of hydrogen-bond donors (Lipinski definition) is 3. The molecule has 1 atom stereocenters. The van der Waals surface area contributed by atoms with Gasteiger partial charge >= 0.3 is 0 Å². The van der Waals surface area contributed by atoms with Crippen LogP contribution >= 0.6 is 0 Å². The van der Waals surface area contributed by atoms with Crippen molar-refractivity contribution >= 4 is 23.4 Å². The number of benzene rings is 1. The molecule has 1 aromatic rings. The fourth-order valence-electron chi connectivity index (χ4n) is 2.38. The Morgan fingerprint density at radius 2 is 2.00 bits per heavy atom. The first kappa shape index (κ1) is 17.0. The van der Waals surface area contributed by atoms with E-state index in [1.807, 2.05) is 0 Å².